The second kappa shape index (κ2) is 5.94. The van der Waals surface area contributed by atoms with E-state index in [1.807, 2.05) is 6.92 Å². The Balaban J connectivity index is 3.94. The molecule has 0 aromatic heterocycles. The molecule has 0 aliphatic heterocycles. The molecular formula is C9H20N2O2. The molecule has 4 heteroatoms. The Morgan fingerprint density at radius 2 is 2.15 bits per heavy atom. The molecule has 1 amide bonds. The molecule has 0 saturated heterocycles. The minimum absolute atomic E-state index is 0.0947. The number of hydrogen-bond acceptors (Lipinski definition) is 3. The lowest BCUT2D eigenvalue weighted by atomic mass is 10.1. The molecule has 0 spiro atoms. The smallest absolute Gasteiger partial charge is 0.239 e. The summed E-state index contributed by atoms with van der Waals surface area (Å²) in [6.45, 7) is 3.98. The highest BCUT2D eigenvalue weighted by Gasteiger charge is 2.17. The van der Waals surface area contributed by atoms with Crippen LogP contribution < -0.4 is 5.73 Å². The number of nitrogens with two attached hydrogens (primary N) is 1. The van der Waals surface area contributed by atoms with Crippen molar-refractivity contribution in [1.82, 2.24) is 4.90 Å². The van der Waals surface area contributed by atoms with E-state index in [4.69, 9.17) is 10.8 Å². The van der Waals surface area contributed by atoms with Gasteiger partial charge in [-0.3, -0.25) is 4.79 Å². The Labute approximate surface area is 79.7 Å². The zero-order valence-electron chi connectivity index (χ0n) is 8.66. The number of hydrogen-bond donors (Lipinski definition) is 2. The zero-order chi connectivity index (χ0) is 10.4. The van der Waals surface area contributed by atoms with Gasteiger partial charge in [-0.25, -0.2) is 0 Å². The van der Waals surface area contributed by atoms with Gasteiger partial charge >= 0.3 is 0 Å². The minimum Gasteiger partial charge on any atom is -0.392 e. The van der Waals surface area contributed by atoms with Crippen LogP contribution in [0.25, 0.3) is 0 Å². The van der Waals surface area contributed by atoms with Crippen LogP contribution >= 0.6 is 0 Å². The Hall–Kier alpha value is -0.610. The third-order valence-electron chi connectivity index (χ3n) is 1.83. The van der Waals surface area contributed by atoms with Crippen LogP contribution in [0.5, 0.6) is 0 Å². The number of aliphatic hydroxyl groups is 1. The number of carbonyl (C=O) groups is 1. The van der Waals surface area contributed by atoms with Crippen LogP contribution in [0.2, 0.25) is 0 Å². The Morgan fingerprint density at radius 3 is 2.54 bits per heavy atom. The van der Waals surface area contributed by atoms with Gasteiger partial charge in [0.15, 0.2) is 0 Å². The maximum absolute atomic E-state index is 11.5. The molecule has 0 bridgehead atoms. The van der Waals surface area contributed by atoms with E-state index in [9.17, 15) is 4.79 Å². The lowest BCUT2D eigenvalue weighted by Gasteiger charge is -2.22. The normalized spacial score (nSPS) is 15.2. The first-order valence-electron chi connectivity index (χ1n) is 4.67. The van der Waals surface area contributed by atoms with Crippen LogP contribution in [0.4, 0.5) is 0 Å². The summed E-state index contributed by atoms with van der Waals surface area (Å²) in [5.41, 5.74) is 5.63. The highest BCUT2D eigenvalue weighted by Crippen LogP contribution is 1.99. The van der Waals surface area contributed by atoms with E-state index in [-0.39, 0.29) is 5.91 Å². The molecule has 13 heavy (non-hydrogen) atoms. The third kappa shape index (κ3) is 4.85. The summed E-state index contributed by atoms with van der Waals surface area (Å²) >= 11 is 0. The summed E-state index contributed by atoms with van der Waals surface area (Å²) in [7, 11) is 1.66. The van der Waals surface area contributed by atoms with Gasteiger partial charge in [-0.2, -0.15) is 0 Å². The first-order valence-corrected chi connectivity index (χ1v) is 4.67. The highest BCUT2D eigenvalue weighted by atomic mass is 16.3. The number of amides is 1. The Kier molecular flexibility index (Phi) is 5.66. The Bertz CT molecular complexity index is 160. The molecule has 78 valence electrons. The summed E-state index contributed by atoms with van der Waals surface area (Å²) in [6, 6.07) is -0.422. The van der Waals surface area contributed by atoms with E-state index in [0.717, 1.165) is 6.42 Å². The van der Waals surface area contributed by atoms with Gasteiger partial charge in [-0.15, -0.1) is 0 Å². The van der Waals surface area contributed by atoms with Gasteiger partial charge in [-0.1, -0.05) is 13.3 Å². The van der Waals surface area contributed by atoms with Crippen molar-refractivity contribution in [2.45, 2.75) is 38.8 Å². The molecule has 0 radical (unpaired) electrons. The van der Waals surface area contributed by atoms with Crippen LogP contribution in [0.15, 0.2) is 0 Å². The lowest BCUT2D eigenvalue weighted by molar-refractivity contribution is -0.132. The van der Waals surface area contributed by atoms with Crippen molar-refractivity contribution in [3.63, 3.8) is 0 Å². The fourth-order valence-corrected chi connectivity index (χ4v) is 1.20. The number of nitrogens with zero attached hydrogens (tertiary/aromatic N) is 1. The Morgan fingerprint density at radius 1 is 1.62 bits per heavy atom. The van der Waals surface area contributed by atoms with E-state index >= 15 is 0 Å². The number of likely N-dealkylation sites (N-methyl/N-ethyl adjacent to an activating group) is 1. The molecule has 2 atom stereocenters. The summed E-state index contributed by atoms with van der Waals surface area (Å²) in [6.07, 6.45) is 1.10. The summed E-state index contributed by atoms with van der Waals surface area (Å²) in [5, 5.41) is 9.05. The summed E-state index contributed by atoms with van der Waals surface area (Å²) in [5.74, 6) is -0.0947. The standard InChI is InChI=1S/C9H20N2O2/c1-4-5-8(10)9(13)11(3)6-7(2)12/h7-8,12H,4-6,10H2,1-3H3/t7?,8-/m1/s1. The van der Waals surface area contributed by atoms with Crippen LogP contribution in [-0.4, -0.2) is 41.7 Å². The van der Waals surface area contributed by atoms with Crippen LogP contribution in [0.1, 0.15) is 26.7 Å². The maximum Gasteiger partial charge on any atom is 0.239 e. The molecule has 0 heterocycles. The highest BCUT2D eigenvalue weighted by molar-refractivity contribution is 5.81. The van der Waals surface area contributed by atoms with Gasteiger partial charge in [0.25, 0.3) is 0 Å². The number of carbonyl (C=O) groups excluding carboxylic acids is 1. The van der Waals surface area contributed by atoms with Crippen molar-refractivity contribution in [2.24, 2.45) is 5.73 Å². The number of aliphatic hydroxyl groups excluding tert-OH is 1. The van der Waals surface area contributed by atoms with E-state index < -0.39 is 12.1 Å². The maximum atomic E-state index is 11.5. The monoisotopic (exact) mass is 188 g/mol. The van der Waals surface area contributed by atoms with E-state index in [1.165, 1.54) is 4.90 Å². The number of rotatable bonds is 5. The molecular weight excluding hydrogens is 168 g/mol. The molecule has 0 aliphatic rings. The van der Waals surface area contributed by atoms with Gasteiger partial charge in [0.2, 0.25) is 5.91 Å². The van der Waals surface area contributed by atoms with Crippen molar-refractivity contribution >= 4 is 5.91 Å². The molecule has 0 saturated carbocycles. The van der Waals surface area contributed by atoms with Crippen LogP contribution in [0.3, 0.4) is 0 Å². The SMILES string of the molecule is CCC[C@@H](N)C(=O)N(C)CC(C)O. The molecule has 0 rings (SSSR count). The average Bonchev–Trinajstić information content (AvgIpc) is 2.02. The van der Waals surface area contributed by atoms with Crippen molar-refractivity contribution < 1.29 is 9.90 Å². The predicted molar refractivity (Wildman–Crippen MR) is 52.2 cm³/mol. The van der Waals surface area contributed by atoms with E-state index in [0.29, 0.717) is 13.0 Å². The fourth-order valence-electron chi connectivity index (χ4n) is 1.20. The molecule has 0 aromatic rings. The fraction of sp³-hybridized carbons (Fsp3) is 0.889. The largest absolute Gasteiger partial charge is 0.392 e. The van der Waals surface area contributed by atoms with E-state index in [2.05, 4.69) is 0 Å². The van der Waals surface area contributed by atoms with Gasteiger partial charge in [0.1, 0.15) is 0 Å². The molecule has 1 unspecified atom stereocenters. The predicted octanol–water partition coefficient (Wildman–Crippen LogP) is -0.0470. The van der Waals surface area contributed by atoms with Crippen LogP contribution in [-0.2, 0) is 4.79 Å². The van der Waals surface area contributed by atoms with Gasteiger partial charge in [0, 0.05) is 13.6 Å². The zero-order valence-corrected chi connectivity index (χ0v) is 8.66. The third-order valence-corrected chi connectivity index (χ3v) is 1.83. The van der Waals surface area contributed by atoms with Gasteiger partial charge < -0.3 is 15.7 Å². The second-order valence-corrected chi connectivity index (χ2v) is 3.46. The first-order chi connectivity index (χ1) is 5.99. The van der Waals surface area contributed by atoms with Crippen molar-refractivity contribution in [3.8, 4) is 0 Å². The average molecular weight is 188 g/mol. The molecule has 0 fully saturated rings. The first kappa shape index (κ1) is 12.4. The van der Waals surface area contributed by atoms with Crippen molar-refractivity contribution in [3.05, 3.63) is 0 Å². The van der Waals surface area contributed by atoms with E-state index in [1.54, 1.807) is 14.0 Å². The summed E-state index contributed by atoms with van der Waals surface area (Å²) in [4.78, 5) is 12.9. The van der Waals surface area contributed by atoms with Gasteiger partial charge in [0.05, 0.1) is 12.1 Å². The van der Waals surface area contributed by atoms with Gasteiger partial charge in [-0.05, 0) is 13.3 Å². The second-order valence-electron chi connectivity index (χ2n) is 3.46. The molecule has 0 aromatic carbocycles. The molecule has 3 N–H and O–H groups in total. The molecule has 4 nitrogen and oxygen atoms in total. The summed E-state index contributed by atoms with van der Waals surface area (Å²) < 4.78 is 0. The quantitative estimate of drug-likeness (QED) is 0.636. The minimum atomic E-state index is -0.497. The van der Waals surface area contributed by atoms with Crippen molar-refractivity contribution in [1.29, 1.82) is 0 Å². The lowest BCUT2D eigenvalue weighted by Crippen LogP contribution is -2.44. The van der Waals surface area contributed by atoms with Crippen molar-refractivity contribution in [2.75, 3.05) is 13.6 Å². The topological polar surface area (TPSA) is 66.6 Å². The molecule has 0 aliphatic carbocycles. The van der Waals surface area contributed by atoms with Crippen LogP contribution in [0, 0.1) is 0 Å².